The summed E-state index contributed by atoms with van der Waals surface area (Å²) < 4.78 is 5.25. The summed E-state index contributed by atoms with van der Waals surface area (Å²) in [7, 11) is 1.60. The van der Waals surface area contributed by atoms with Crippen LogP contribution in [0.4, 0.5) is 0 Å². The number of rotatable bonds is 12. The number of benzene rings is 1. The van der Waals surface area contributed by atoms with E-state index in [1.54, 1.807) is 37.4 Å². The second-order valence-electron chi connectivity index (χ2n) is 7.11. The molecule has 1 rings (SSSR count). The van der Waals surface area contributed by atoms with Crippen molar-refractivity contribution in [1.29, 1.82) is 0 Å². The van der Waals surface area contributed by atoms with Gasteiger partial charge in [0, 0.05) is 0 Å². The van der Waals surface area contributed by atoms with Crippen LogP contribution in [0, 0.1) is 5.92 Å². The zero-order valence-electron chi connectivity index (χ0n) is 17.5. The standard InChI is InChI=1S/C21H31N3O5/c1-5-9-16(22-4)19(26)20(27)23-12-17(25)24-18(15-10-7-6-8-11-15)21(28)29-13-14(2)3/h6-8,10-11,14,16,18,22H,5,9,12-13H2,1-4H3,(H,23,27)(H,24,25). The van der Waals surface area contributed by atoms with Gasteiger partial charge >= 0.3 is 5.97 Å². The van der Waals surface area contributed by atoms with Crippen LogP contribution < -0.4 is 16.0 Å². The monoisotopic (exact) mass is 405 g/mol. The lowest BCUT2D eigenvalue weighted by atomic mass is 10.1. The maximum absolute atomic E-state index is 12.4. The zero-order chi connectivity index (χ0) is 21.8. The molecule has 29 heavy (non-hydrogen) atoms. The minimum Gasteiger partial charge on any atom is -0.464 e. The molecule has 0 heterocycles. The fourth-order valence-corrected chi connectivity index (χ4v) is 2.57. The normalized spacial score (nSPS) is 12.7. The maximum Gasteiger partial charge on any atom is 0.333 e. The molecule has 1 aromatic carbocycles. The second-order valence-corrected chi connectivity index (χ2v) is 7.11. The molecular formula is C21H31N3O5. The number of likely N-dealkylation sites (N-methyl/N-ethyl adjacent to an activating group) is 1. The number of hydrogen-bond donors (Lipinski definition) is 3. The molecule has 0 spiro atoms. The Kier molecular flexibility index (Phi) is 10.6. The molecular weight excluding hydrogens is 374 g/mol. The van der Waals surface area contributed by atoms with E-state index in [-0.39, 0.29) is 12.5 Å². The summed E-state index contributed by atoms with van der Waals surface area (Å²) in [5.74, 6) is -2.50. The smallest absolute Gasteiger partial charge is 0.333 e. The average Bonchev–Trinajstić information content (AvgIpc) is 2.72. The van der Waals surface area contributed by atoms with Crippen LogP contribution in [0.5, 0.6) is 0 Å². The molecule has 1 aromatic rings. The predicted octanol–water partition coefficient (Wildman–Crippen LogP) is 1.12. The van der Waals surface area contributed by atoms with Crippen molar-refractivity contribution in [3.8, 4) is 0 Å². The maximum atomic E-state index is 12.4. The van der Waals surface area contributed by atoms with Crippen molar-refractivity contribution in [2.75, 3.05) is 20.2 Å². The van der Waals surface area contributed by atoms with Gasteiger partial charge in [0.15, 0.2) is 6.04 Å². The highest BCUT2D eigenvalue weighted by molar-refractivity contribution is 6.38. The summed E-state index contributed by atoms with van der Waals surface area (Å²) in [6, 6.07) is 7.10. The van der Waals surface area contributed by atoms with Crippen LogP contribution in [-0.2, 0) is 23.9 Å². The van der Waals surface area contributed by atoms with E-state index in [2.05, 4.69) is 16.0 Å². The molecule has 2 atom stereocenters. The molecule has 8 nitrogen and oxygen atoms in total. The first kappa shape index (κ1) is 24.3. The highest BCUT2D eigenvalue weighted by Gasteiger charge is 2.26. The van der Waals surface area contributed by atoms with Gasteiger partial charge < -0.3 is 20.7 Å². The third-order valence-corrected chi connectivity index (χ3v) is 4.11. The first-order chi connectivity index (χ1) is 13.8. The number of ether oxygens (including phenoxy) is 1. The van der Waals surface area contributed by atoms with Gasteiger partial charge in [-0.15, -0.1) is 0 Å². The van der Waals surface area contributed by atoms with Crippen molar-refractivity contribution in [1.82, 2.24) is 16.0 Å². The number of ketones is 1. The number of Topliss-reactive ketones (excluding diaryl/α,β-unsaturated/α-hetero) is 1. The van der Waals surface area contributed by atoms with E-state index in [1.165, 1.54) is 0 Å². The van der Waals surface area contributed by atoms with Gasteiger partial charge in [0.05, 0.1) is 19.2 Å². The molecule has 3 N–H and O–H groups in total. The molecule has 0 bridgehead atoms. The number of nitrogens with one attached hydrogen (secondary N) is 3. The lowest BCUT2D eigenvalue weighted by molar-refractivity contribution is -0.149. The van der Waals surface area contributed by atoms with E-state index in [9.17, 15) is 19.2 Å². The van der Waals surface area contributed by atoms with Gasteiger partial charge in [0.2, 0.25) is 11.7 Å². The van der Waals surface area contributed by atoms with E-state index in [1.807, 2.05) is 20.8 Å². The van der Waals surface area contributed by atoms with Crippen LogP contribution in [0.2, 0.25) is 0 Å². The third kappa shape index (κ3) is 8.43. The van der Waals surface area contributed by atoms with Crippen LogP contribution in [0.3, 0.4) is 0 Å². The number of carbonyl (C=O) groups is 4. The Bertz CT molecular complexity index is 691. The van der Waals surface area contributed by atoms with Crippen molar-refractivity contribution in [2.45, 2.75) is 45.7 Å². The quantitative estimate of drug-likeness (QED) is 0.355. The van der Waals surface area contributed by atoms with Gasteiger partial charge in [-0.3, -0.25) is 14.4 Å². The van der Waals surface area contributed by atoms with Gasteiger partial charge in [-0.05, 0) is 24.9 Å². The van der Waals surface area contributed by atoms with Crippen LogP contribution in [-0.4, -0.2) is 49.8 Å². The van der Waals surface area contributed by atoms with Crippen molar-refractivity contribution >= 4 is 23.6 Å². The van der Waals surface area contributed by atoms with Gasteiger partial charge in [-0.25, -0.2) is 4.79 Å². The number of hydrogen-bond acceptors (Lipinski definition) is 6. The molecule has 2 unspecified atom stereocenters. The van der Waals surface area contributed by atoms with Crippen LogP contribution >= 0.6 is 0 Å². The van der Waals surface area contributed by atoms with Crippen molar-refractivity contribution in [3.63, 3.8) is 0 Å². The van der Waals surface area contributed by atoms with Crippen LogP contribution in [0.15, 0.2) is 30.3 Å². The highest BCUT2D eigenvalue weighted by atomic mass is 16.5. The van der Waals surface area contributed by atoms with Gasteiger partial charge in [-0.2, -0.15) is 0 Å². The summed E-state index contributed by atoms with van der Waals surface area (Å²) in [5.41, 5.74) is 0.565. The molecule has 0 saturated carbocycles. The molecule has 2 amide bonds. The fourth-order valence-electron chi connectivity index (χ4n) is 2.57. The molecule has 0 saturated heterocycles. The highest BCUT2D eigenvalue weighted by Crippen LogP contribution is 2.15. The van der Waals surface area contributed by atoms with Crippen molar-refractivity contribution < 1.29 is 23.9 Å². The van der Waals surface area contributed by atoms with E-state index in [0.29, 0.717) is 12.0 Å². The van der Waals surface area contributed by atoms with Gasteiger partial charge in [-0.1, -0.05) is 57.5 Å². The Hall–Kier alpha value is -2.74. The topological polar surface area (TPSA) is 114 Å². The third-order valence-electron chi connectivity index (χ3n) is 4.11. The van der Waals surface area contributed by atoms with E-state index in [4.69, 9.17) is 4.74 Å². The van der Waals surface area contributed by atoms with Gasteiger partial charge in [0.1, 0.15) is 0 Å². The Labute approximate surface area is 171 Å². The van der Waals surface area contributed by atoms with E-state index in [0.717, 1.165) is 6.42 Å². The number of amides is 2. The minimum atomic E-state index is -1.000. The van der Waals surface area contributed by atoms with E-state index < -0.39 is 42.2 Å². The van der Waals surface area contributed by atoms with Crippen molar-refractivity contribution in [3.05, 3.63) is 35.9 Å². The number of esters is 1. The lowest BCUT2D eigenvalue weighted by Gasteiger charge is -2.19. The molecule has 0 aliphatic heterocycles. The second kappa shape index (κ2) is 12.7. The number of carbonyl (C=O) groups excluding carboxylic acids is 4. The van der Waals surface area contributed by atoms with Gasteiger partial charge in [0.25, 0.3) is 5.91 Å². The van der Waals surface area contributed by atoms with Crippen LogP contribution in [0.25, 0.3) is 0 Å². The summed E-state index contributed by atoms with van der Waals surface area (Å²) in [6.07, 6.45) is 1.26. The summed E-state index contributed by atoms with van der Waals surface area (Å²) in [5, 5.41) is 7.66. The molecule has 0 aliphatic carbocycles. The zero-order valence-corrected chi connectivity index (χ0v) is 17.5. The summed E-state index contributed by atoms with van der Waals surface area (Å²) >= 11 is 0. The largest absolute Gasteiger partial charge is 0.464 e. The Morgan fingerprint density at radius 3 is 2.28 bits per heavy atom. The average molecular weight is 405 g/mol. The predicted molar refractivity (Wildman–Crippen MR) is 109 cm³/mol. The minimum absolute atomic E-state index is 0.152. The first-order valence-electron chi connectivity index (χ1n) is 9.80. The van der Waals surface area contributed by atoms with Crippen molar-refractivity contribution in [2.24, 2.45) is 5.92 Å². The first-order valence-corrected chi connectivity index (χ1v) is 9.80. The molecule has 0 fully saturated rings. The Morgan fingerprint density at radius 1 is 1.07 bits per heavy atom. The summed E-state index contributed by atoms with van der Waals surface area (Å²) in [4.78, 5) is 48.9. The molecule has 0 aliphatic rings. The molecule has 0 radical (unpaired) electrons. The molecule has 160 valence electrons. The molecule has 0 aromatic heterocycles. The van der Waals surface area contributed by atoms with Crippen LogP contribution in [0.1, 0.15) is 45.2 Å². The Morgan fingerprint density at radius 2 is 1.72 bits per heavy atom. The SMILES string of the molecule is CCCC(NC)C(=O)C(=O)NCC(=O)NC(C(=O)OCC(C)C)c1ccccc1. The fraction of sp³-hybridized carbons (Fsp3) is 0.524. The molecule has 8 heteroatoms. The lowest BCUT2D eigenvalue weighted by Crippen LogP contribution is -2.47. The van der Waals surface area contributed by atoms with E-state index >= 15 is 0 Å². The Balaban J connectivity index is 2.71. The summed E-state index contributed by atoms with van der Waals surface area (Å²) in [6.45, 7) is 5.53.